The van der Waals surface area contributed by atoms with Gasteiger partial charge in [0.15, 0.2) is 0 Å². The summed E-state index contributed by atoms with van der Waals surface area (Å²) in [6, 6.07) is 11.5. The summed E-state index contributed by atoms with van der Waals surface area (Å²) in [6.07, 6.45) is -0.0224. The van der Waals surface area contributed by atoms with Crippen molar-refractivity contribution in [2.45, 2.75) is 13.0 Å². The molecule has 2 aromatic rings. The molecule has 1 heterocycles. The van der Waals surface area contributed by atoms with Crippen molar-refractivity contribution >= 4 is 21.9 Å². The van der Waals surface area contributed by atoms with Crippen LogP contribution in [0.4, 0.5) is 0 Å². The number of nitrogens with zero attached hydrogens (tertiary/aromatic N) is 2. The molecular formula is C12H11BrN2O2. The maximum atomic E-state index is 10.7. The molecule has 1 aromatic carbocycles. The Kier molecular flexibility index (Phi) is 3.58. The van der Waals surface area contributed by atoms with Crippen molar-refractivity contribution in [2.75, 3.05) is 0 Å². The molecule has 1 aromatic heterocycles. The minimum absolute atomic E-state index is 0.0224. The van der Waals surface area contributed by atoms with E-state index in [2.05, 4.69) is 21.0 Å². The summed E-state index contributed by atoms with van der Waals surface area (Å²) in [6.45, 7) is 0.578. The van der Waals surface area contributed by atoms with E-state index in [0.29, 0.717) is 16.8 Å². The van der Waals surface area contributed by atoms with E-state index in [4.69, 9.17) is 5.11 Å². The minimum atomic E-state index is -0.855. The molecule has 0 fully saturated rings. The predicted molar refractivity (Wildman–Crippen MR) is 66.8 cm³/mol. The van der Waals surface area contributed by atoms with E-state index in [-0.39, 0.29) is 6.42 Å². The van der Waals surface area contributed by atoms with E-state index in [0.717, 1.165) is 5.56 Å². The topological polar surface area (TPSA) is 55.1 Å². The first-order valence-corrected chi connectivity index (χ1v) is 5.92. The fraction of sp³-hybridized carbons (Fsp3) is 0.167. The summed E-state index contributed by atoms with van der Waals surface area (Å²) >= 11 is 3.26. The highest BCUT2D eigenvalue weighted by Gasteiger charge is 2.10. The van der Waals surface area contributed by atoms with Crippen LogP contribution < -0.4 is 0 Å². The van der Waals surface area contributed by atoms with Gasteiger partial charge in [0.1, 0.15) is 4.60 Å². The average molecular weight is 295 g/mol. The fourth-order valence-corrected chi connectivity index (χ4v) is 2.07. The molecule has 4 nitrogen and oxygen atoms in total. The van der Waals surface area contributed by atoms with E-state index in [1.165, 1.54) is 0 Å². The number of carboxylic acid groups (broad SMARTS) is 1. The van der Waals surface area contributed by atoms with Crippen LogP contribution in [0.2, 0.25) is 0 Å². The molecule has 0 aliphatic carbocycles. The van der Waals surface area contributed by atoms with Gasteiger partial charge >= 0.3 is 5.97 Å². The van der Waals surface area contributed by atoms with Gasteiger partial charge in [0.05, 0.1) is 18.7 Å². The maximum absolute atomic E-state index is 10.7. The van der Waals surface area contributed by atoms with E-state index in [1.54, 1.807) is 10.7 Å². The van der Waals surface area contributed by atoms with E-state index in [1.807, 2.05) is 30.3 Å². The Morgan fingerprint density at radius 1 is 1.35 bits per heavy atom. The average Bonchev–Trinajstić information content (AvgIpc) is 2.59. The molecule has 0 amide bonds. The van der Waals surface area contributed by atoms with Crippen LogP contribution in [0.1, 0.15) is 11.3 Å². The SMILES string of the molecule is O=C(O)Cc1cc(Br)nn1Cc1ccccc1. The summed E-state index contributed by atoms with van der Waals surface area (Å²) in [4.78, 5) is 10.7. The van der Waals surface area contributed by atoms with Crippen molar-refractivity contribution in [1.82, 2.24) is 9.78 Å². The van der Waals surface area contributed by atoms with Crippen LogP contribution in [0.25, 0.3) is 0 Å². The number of benzene rings is 1. The first-order valence-electron chi connectivity index (χ1n) is 5.13. The lowest BCUT2D eigenvalue weighted by molar-refractivity contribution is -0.136. The lowest BCUT2D eigenvalue weighted by Gasteiger charge is -2.05. The molecule has 0 saturated carbocycles. The molecule has 0 radical (unpaired) electrons. The minimum Gasteiger partial charge on any atom is -0.481 e. The number of hydrogen-bond acceptors (Lipinski definition) is 2. The summed E-state index contributed by atoms with van der Waals surface area (Å²) < 4.78 is 2.36. The van der Waals surface area contributed by atoms with E-state index >= 15 is 0 Å². The molecule has 5 heteroatoms. The van der Waals surface area contributed by atoms with Crippen molar-refractivity contribution in [2.24, 2.45) is 0 Å². The van der Waals surface area contributed by atoms with Crippen LogP contribution in [0.5, 0.6) is 0 Å². The second-order valence-electron chi connectivity index (χ2n) is 3.67. The van der Waals surface area contributed by atoms with Crippen LogP contribution >= 0.6 is 15.9 Å². The van der Waals surface area contributed by atoms with Gasteiger partial charge in [0.25, 0.3) is 0 Å². The van der Waals surface area contributed by atoms with Crippen molar-refractivity contribution in [3.05, 3.63) is 52.3 Å². The zero-order chi connectivity index (χ0) is 12.3. The van der Waals surface area contributed by atoms with Crippen LogP contribution in [0.15, 0.2) is 41.0 Å². The number of aliphatic carboxylic acids is 1. The number of carbonyl (C=O) groups is 1. The van der Waals surface area contributed by atoms with Gasteiger partial charge in [0, 0.05) is 0 Å². The number of rotatable bonds is 4. The third-order valence-corrected chi connectivity index (χ3v) is 2.73. The largest absolute Gasteiger partial charge is 0.481 e. The second-order valence-corrected chi connectivity index (χ2v) is 4.48. The third kappa shape index (κ3) is 3.17. The summed E-state index contributed by atoms with van der Waals surface area (Å²) in [5.74, 6) is -0.855. The molecule has 0 spiro atoms. The molecule has 0 aliphatic rings. The zero-order valence-corrected chi connectivity index (χ0v) is 10.6. The van der Waals surface area contributed by atoms with Gasteiger partial charge in [-0.3, -0.25) is 9.48 Å². The first kappa shape index (κ1) is 11.9. The zero-order valence-electron chi connectivity index (χ0n) is 9.01. The fourth-order valence-electron chi connectivity index (χ4n) is 1.61. The predicted octanol–water partition coefficient (Wildman–Crippen LogP) is 2.32. The number of halogens is 1. The van der Waals surface area contributed by atoms with Gasteiger partial charge in [-0.2, -0.15) is 5.10 Å². The Hall–Kier alpha value is -1.62. The summed E-state index contributed by atoms with van der Waals surface area (Å²) in [5.41, 5.74) is 1.78. The van der Waals surface area contributed by atoms with Gasteiger partial charge in [-0.15, -0.1) is 0 Å². The molecular weight excluding hydrogens is 284 g/mol. The standard InChI is InChI=1S/C12H11BrN2O2/c13-11-6-10(7-12(16)17)15(14-11)8-9-4-2-1-3-5-9/h1-6H,7-8H2,(H,16,17). The number of carboxylic acids is 1. The van der Waals surface area contributed by atoms with Crippen LogP contribution in [0, 0.1) is 0 Å². The van der Waals surface area contributed by atoms with Crippen molar-refractivity contribution in [3.63, 3.8) is 0 Å². The summed E-state index contributed by atoms with van der Waals surface area (Å²) in [7, 11) is 0. The highest BCUT2D eigenvalue weighted by molar-refractivity contribution is 9.10. The Bertz CT molecular complexity index is 523. The van der Waals surface area contributed by atoms with E-state index < -0.39 is 5.97 Å². The van der Waals surface area contributed by atoms with Gasteiger partial charge < -0.3 is 5.11 Å². The van der Waals surface area contributed by atoms with Gasteiger partial charge in [0.2, 0.25) is 0 Å². The van der Waals surface area contributed by atoms with Gasteiger partial charge in [-0.25, -0.2) is 0 Å². The van der Waals surface area contributed by atoms with Gasteiger partial charge in [-0.1, -0.05) is 30.3 Å². The number of aromatic nitrogens is 2. The Morgan fingerprint density at radius 2 is 2.06 bits per heavy atom. The van der Waals surface area contributed by atoms with Crippen LogP contribution in [0.3, 0.4) is 0 Å². The smallest absolute Gasteiger partial charge is 0.309 e. The van der Waals surface area contributed by atoms with E-state index in [9.17, 15) is 4.79 Å². The Morgan fingerprint density at radius 3 is 2.71 bits per heavy atom. The van der Waals surface area contributed by atoms with Crippen molar-refractivity contribution < 1.29 is 9.90 Å². The normalized spacial score (nSPS) is 10.4. The van der Waals surface area contributed by atoms with Gasteiger partial charge in [-0.05, 0) is 27.6 Å². The second kappa shape index (κ2) is 5.14. The summed E-state index contributed by atoms with van der Waals surface area (Å²) in [5, 5.41) is 13.0. The lowest BCUT2D eigenvalue weighted by atomic mass is 10.2. The highest BCUT2D eigenvalue weighted by atomic mass is 79.9. The molecule has 0 unspecified atom stereocenters. The molecule has 0 saturated heterocycles. The molecule has 88 valence electrons. The maximum Gasteiger partial charge on any atom is 0.309 e. The molecule has 2 rings (SSSR count). The molecule has 17 heavy (non-hydrogen) atoms. The first-order chi connectivity index (χ1) is 8.15. The highest BCUT2D eigenvalue weighted by Crippen LogP contribution is 2.13. The van der Waals surface area contributed by atoms with Crippen LogP contribution in [-0.4, -0.2) is 20.9 Å². The molecule has 0 bridgehead atoms. The molecule has 1 N–H and O–H groups in total. The third-order valence-electron chi connectivity index (χ3n) is 2.34. The Labute approximate surface area is 107 Å². The van der Waals surface area contributed by atoms with Crippen molar-refractivity contribution in [1.29, 1.82) is 0 Å². The monoisotopic (exact) mass is 294 g/mol. The quantitative estimate of drug-likeness (QED) is 0.941. The molecule has 0 atom stereocenters. The Balaban J connectivity index is 2.23. The number of hydrogen-bond donors (Lipinski definition) is 1. The van der Waals surface area contributed by atoms with Crippen LogP contribution in [-0.2, 0) is 17.8 Å². The lowest BCUT2D eigenvalue weighted by Crippen LogP contribution is -2.10. The molecule has 0 aliphatic heterocycles. The van der Waals surface area contributed by atoms with Crippen molar-refractivity contribution in [3.8, 4) is 0 Å².